The molecule has 0 N–H and O–H groups in total. The topological polar surface area (TPSA) is 72.2 Å². The van der Waals surface area contributed by atoms with Gasteiger partial charge in [-0.25, -0.2) is 9.78 Å². The zero-order valence-corrected chi connectivity index (χ0v) is 15.6. The van der Waals surface area contributed by atoms with E-state index in [0.717, 1.165) is 22.6 Å². The fourth-order valence-corrected chi connectivity index (χ4v) is 3.23. The average Bonchev–Trinajstić information content (AvgIpc) is 3.22. The molecule has 0 amide bonds. The molecule has 6 heteroatoms. The number of aromatic nitrogens is 1. The summed E-state index contributed by atoms with van der Waals surface area (Å²) in [5.74, 6) is 0.386. The van der Waals surface area contributed by atoms with Crippen molar-refractivity contribution in [2.75, 3.05) is 14.2 Å². The maximum atomic E-state index is 11.5. The van der Waals surface area contributed by atoms with Crippen LogP contribution in [-0.2, 0) is 4.74 Å². The van der Waals surface area contributed by atoms with E-state index in [1.807, 2.05) is 29.6 Å². The molecule has 0 unspecified atom stereocenters. The molecule has 2 aromatic carbocycles. The molecule has 1 aromatic heterocycles. The highest BCUT2D eigenvalue weighted by Crippen LogP contribution is 2.28. The minimum absolute atomic E-state index is 0.393. The Labute approximate surface area is 161 Å². The van der Waals surface area contributed by atoms with Crippen molar-refractivity contribution in [3.8, 4) is 23.1 Å². The number of nitrogens with zero attached hydrogens (tertiary/aromatic N) is 2. The summed E-state index contributed by atoms with van der Waals surface area (Å²) in [6, 6.07) is 16.7. The van der Waals surface area contributed by atoms with Gasteiger partial charge in [0.25, 0.3) is 0 Å². The van der Waals surface area contributed by atoms with Crippen LogP contribution in [-0.4, -0.2) is 25.2 Å². The van der Waals surface area contributed by atoms with Gasteiger partial charge in [-0.3, -0.25) is 0 Å². The molecule has 0 bridgehead atoms. The summed E-state index contributed by atoms with van der Waals surface area (Å²) in [6.45, 7) is 0. The monoisotopic (exact) mass is 376 g/mol. The summed E-state index contributed by atoms with van der Waals surface area (Å²) < 4.78 is 9.85. The second-order valence-corrected chi connectivity index (χ2v) is 6.41. The fraction of sp³-hybridized carbons (Fsp3) is 0.0952. The minimum atomic E-state index is -0.393. The maximum Gasteiger partial charge on any atom is 0.337 e. The quantitative estimate of drug-likeness (QED) is 0.478. The van der Waals surface area contributed by atoms with Crippen molar-refractivity contribution in [3.05, 3.63) is 70.0 Å². The van der Waals surface area contributed by atoms with Crippen molar-refractivity contribution >= 4 is 29.0 Å². The number of thiazole rings is 1. The Hall–Kier alpha value is -3.43. The average molecular weight is 376 g/mol. The van der Waals surface area contributed by atoms with E-state index in [2.05, 4.69) is 15.8 Å². The standard InChI is InChI=1S/C21H16N2O3S/c1-25-18-9-7-15(8-10-18)19-13-27-20(23-19)17(12-22)11-14-3-5-16(6-4-14)21(24)26-2/h3-11,13H,1-2H3. The van der Waals surface area contributed by atoms with Crippen LogP contribution in [0.4, 0.5) is 0 Å². The maximum absolute atomic E-state index is 11.5. The third-order valence-corrected chi connectivity index (χ3v) is 4.76. The molecule has 0 saturated carbocycles. The van der Waals surface area contributed by atoms with Crippen LogP contribution in [0.25, 0.3) is 22.9 Å². The van der Waals surface area contributed by atoms with Gasteiger partial charge in [0.15, 0.2) is 0 Å². The normalized spacial score (nSPS) is 10.9. The van der Waals surface area contributed by atoms with Crippen LogP contribution in [0.15, 0.2) is 53.9 Å². The number of benzene rings is 2. The molecule has 0 saturated heterocycles. The van der Waals surface area contributed by atoms with Crippen molar-refractivity contribution in [1.82, 2.24) is 4.98 Å². The smallest absolute Gasteiger partial charge is 0.337 e. The first-order valence-electron chi connectivity index (χ1n) is 8.05. The van der Waals surface area contributed by atoms with E-state index in [0.29, 0.717) is 16.1 Å². The number of hydrogen-bond acceptors (Lipinski definition) is 6. The lowest BCUT2D eigenvalue weighted by molar-refractivity contribution is 0.0600. The van der Waals surface area contributed by atoms with Gasteiger partial charge in [-0.1, -0.05) is 12.1 Å². The molecule has 3 rings (SSSR count). The molecule has 0 fully saturated rings. The molecule has 0 spiro atoms. The summed E-state index contributed by atoms with van der Waals surface area (Å²) >= 11 is 1.41. The predicted molar refractivity (Wildman–Crippen MR) is 105 cm³/mol. The first kappa shape index (κ1) is 18.4. The molecule has 5 nitrogen and oxygen atoms in total. The highest BCUT2D eigenvalue weighted by Gasteiger charge is 2.10. The Morgan fingerprint density at radius 2 is 1.81 bits per heavy atom. The van der Waals surface area contributed by atoms with Gasteiger partial charge >= 0.3 is 5.97 Å². The van der Waals surface area contributed by atoms with Gasteiger partial charge in [0, 0.05) is 10.9 Å². The van der Waals surface area contributed by atoms with Crippen LogP contribution in [0.2, 0.25) is 0 Å². The zero-order valence-electron chi connectivity index (χ0n) is 14.8. The number of carbonyl (C=O) groups is 1. The van der Waals surface area contributed by atoms with Crippen molar-refractivity contribution in [3.63, 3.8) is 0 Å². The van der Waals surface area contributed by atoms with Gasteiger partial charge in [0.1, 0.15) is 16.8 Å². The molecule has 27 heavy (non-hydrogen) atoms. The van der Waals surface area contributed by atoms with Gasteiger partial charge in [0.05, 0.1) is 31.1 Å². The lowest BCUT2D eigenvalue weighted by Gasteiger charge is -2.01. The van der Waals surface area contributed by atoms with E-state index in [1.165, 1.54) is 18.4 Å². The van der Waals surface area contributed by atoms with Gasteiger partial charge in [-0.15, -0.1) is 11.3 Å². The molecule has 3 aromatic rings. The zero-order chi connectivity index (χ0) is 19.2. The molecule has 0 atom stereocenters. The van der Waals surface area contributed by atoms with Crippen molar-refractivity contribution in [1.29, 1.82) is 5.26 Å². The van der Waals surface area contributed by atoms with E-state index >= 15 is 0 Å². The summed E-state index contributed by atoms with van der Waals surface area (Å²) in [7, 11) is 2.96. The molecule has 1 heterocycles. The van der Waals surface area contributed by atoms with Gasteiger partial charge in [-0.05, 0) is 48.0 Å². The Bertz CT molecular complexity index is 1010. The number of rotatable bonds is 5. The first-order valence-corrected chi connectivity index (χ1v) is 8.93. The second kappa shape index (κ2) is 8.30. The van der Waals surface area contributed by atoms with Crippen LogP contribution in [0.5, 0.6) is 5.75 Å². The van der Waals surface area contributed by atoms with Crippen molar-refractivity contribution in [2.24, 2.45) is 0 Å². The summed E-state index contributed by atoms with van der Waals surface area (Å²) in [5, 5.41) is 12.1. The Balaban J connectivity index is 1.85. The van der Waals surface area contributed by atoms with E-state index in [1.54, 1.807) is 37.5 Å². The third-order valence-electron chi connectivity index (χ3n) is 3.88. The van der Waals surface area contributed by atoms with Crippen LogP contribution >= 0.6 is 11.3 Å². The molecule has 0 aliphatic carbocycles. The summed E-state index contributed by atoms with van der Waals surface area (Å²) in [4.78, 5) is 16.1. The molecular formula is C21H16N2O3S. The Kier molecular flexibility index (Phi) is 5.64. The number of ether oxygens (including phenoxy) is 2. The van der Waals surface area contributed by atoms with E-state index in [4.69, 9.17) is 4.74 Å². The molecule has 134 valence electrons. The molecule has 0 aliphatic rings. The largest absolute Gasteiger partial charge is 0.497 e. The van der Waals surface area contributed by atoms with Crippen molar-refractivity contribution in [2.45, 2.75) is 0 Å². The van der Waals surface area contributed by atoms with E-state index < -0.39 is 5.97 Å². The Morgan fingerprint density at radius 3 is 2.41 bits per heavy atom. The lowest BCUT2D eigenvalue weighted by Crippen LogP contribution is -2.00. The van der Waals surface area contributed by atoms with Crippen LogP contribution < -0.4 is 4.74 Å². The van der Waals surface area contributed by atoms with Crippen LogP contribution in [0, 0.1) is 11.3 Å². The van der Waals surface area contributed by atoms with Gasteiger partial charge in [-0.2, -0.15) is 5.26 Å². The van der Waals surface area contributed by atoms with Gasteiger partial charge < -0.3 is 9.47 Å². The highest BCUT2D eigenvalue weighted by atomic mass is 32.1. The first-order chi connectivity index (χ1) is 13.1. The number of hydrogen-bond donors (Lipinski definition) is 0. The van der Waals surface area contributed by atoms with Crippen LogP contribution in [0.1, 0.15) is 20.9 Å². The third kappa shape index (κ3) is 4.22. The van der Waals surface area contributed by atoms with Crippen LogP contribution in [0.3, 0.4) is 0 Å². The number of nitriles is 1. The molecule has 0 radical (unpaired) electrons. The number of allylic oxidation sites excluding steroid dienone is 1. The lowest BCUT2D eigenvalue weighted by atomic mass is 10.1. The summed E-state index contributed by atoms with van der Waals surface area (Å²) in [5.41, 5.74) is 3.49. The summed E-state index contributed by atoms with van der Waals surface area (Å²) in [6.07, 6.45) is 1.75. The fourth-order valence-electron chi connectivity index (χ4n) is 2.43. The number of carbonyl (C=O) groups excluding carboxylic acids is 1. The second-order valence-electron chi connectivity index (χ2n) is 5.55. The number of methoxy groups -OCH3 is 2. The number of esters is 1. The van der Waals surface area contributed by atoms with Crippen molar-refractivity contribution < 1.29 is 14.3 Å². The molecular weight excluding hydrogens is 360 g/mol. The van der Waals surface area contributed by atoms with Gasteiger partial charge in [0.2, 0.25) is 0 Å². The molecule has 0 aliphatic heterocycles. The predicted octanol–water partition coefficient (Wildman–Crippen LogP) is 4.67. The Morgan fingerprint density at radius 1 is 1.11 bits per heavy atom. The van der Waals surface area contributed by atoms with E-state index in [-0.39, 0.29) is 0 Å². The highest BCUT2D eigenvalue weighted by molar-refractivity contribution is 7.11. The minimum Gasteiger partial charge on any atom is -0.497 e. The SMILES string of the molecule is COC(=O)c1ccc(C=C(C#N)c2nc(-c3ccc(OC)cc3)cs2)cc1. The van der Waals surface area contributed by atoms with E-state index in [9.17, 15) is 10.1 Å².